The third-order valence-electron chi connectivity index (χ3n) is 4.02. The predicted octanol–water partition coefficient (Wildman–Crippen LogP) is 4.59. The van der Waals surface area contributed by atoms with E-state index in [-0.39, 0.29) is 32.9 Å². The summed E-state index contributed by atoms with van der Waals surface area (Å²) in [6.07, 6.45) is -22.4. The number of nitrogens with zero attached hydrogens (tertiary/aromatic N) is 1. The van der Waals surface area contributed by atoms with Crippen molar-refractivity contribution in [3.8, 4) is 0 Å². The van der Waals surface area contributed by atoms with Crippen LogP contribution in [0.3, 0.4) is 0 Å². The Hall–Kier alpha value is -0.850. The van der Waals surface area contributed by atoms with E-state index in [1.54, 1.807) is 0 Å². The molecule has 4 atom stereocenters. The molecular formula is C13H16F11NO. The van der Waals surface area contributed by atoms with Crippen LogP contribution in [0.25, 0.3) is 0 Å². The molecule has 1 aliphatic heterocycles. The van der Waals surface area contributed by atoms with Crippen LogP contribution < -0.4 is 0 Å². The molecule has 13 heteroatoms. The molecule has 0 bridgehead atoms. The second-order valence-electron chi connectivity index (χ2n) is 5.96. The first kappa shape index (κ1) is 23.2. The van der Waals surface area contributed by atoms with Crippen LogP contribution in [0, 0.1) is 0 Å². The van der Waals surface area contributed by atoms with Crippen molar-refractivity contribution in [2.24, 2.45) is 0 Å². The molecule has 1 rings (SSSR count). The average Bonchev–Trinajstić information content (AvgIpc) is 3.02. The predicted molar refractivity (Wildman–Crippen MR) is 66.9 cm³/mol. The van der Waals surface area contributed by atoms with E-state index in [9.17, 15) is 48.3 Å². The Balaban J connectivity index is 2.95. The van der Waals surface area contributed by atoms with Crippen molar-refractivity contribution >= 4 is 0 Å². The van der Waals surface area contributed by atoms with Gasteiger partial charge in [0.15, 0.2) is 6.30 Å². The maximum absolute atomic E-state index is 14.5. The fourth-order valence-corrected chi connectivity index (χ4v) is 2.46. The number of halogens is 11. The van der Waals surface area contributed by atoms with Crippen LogP contribution in [0.1, 0.15) is 19.8 Å². The van der Waals surface area contributed by atoms with Crippen LogP contribution in [0.2, 0.25) is 0 Å². The minimum Gasteiger partial charge on any atom is -0.368 e. The largest absolute Gasteiger partial charge is 0.429 e. The Bertz CT molecular complexity index is 460. The fraction of sp³-hybridized carbons (Fsp3) is 1.00. The molecule has 1 saturated heterocycles. The van der Waals surface area contributed by atoms with Crippen LogP contribution in [-0.2, 0) is 4.74 Å². The van der Waals surface area contributed by atoms with Crippen molar-refractivity contribution in [1.82, 2.24) is 4.90 Å². The molecule has 0 aliphatic carbocycles. The summed E-state index contributed by atoms with van der Waals surface area (Å²) in [5.74, 6) is -5.28. The van der Waals surface area contributed by atoms with E-state index in [1.165, 1.54) is 0 Å². The van der Waals surface area contributed by atoms with Crippen molar-refractivity contribution in [2.45, 2.75) is 62.3 Å². The molecule has 0 spiro atoms. The zero-order chi connectivity index (χ0) is 20.6. The Morgan fingerprint density at radius 2 is 1.35 bits per heavy atom. The summed E-state index contributed by atoms with van der Waals surface area (Å²) in [6.45, 7) is -2.73. The summed E-state index contributed by atoms with van der Waals surface area (Å²) >= 11 is 0. The molecule has 156 valence electrons. The van der Waals surface area contributed by atoms with Crippen LogP contribution in [0.4, 0.5) is 48.3 Å². The molecule has 2 nitrogen and oxygen atoms in total. The smallest absolute Gasteiger partial charge is 0.368 e. The van der Waals surface area contributed by atoms with E-state index >= 15 is 0 Å². The Morgan fingerprint density at radius 3 is 1.73 bits per heavy atom. The summed E-state index contributed by atoms with van der Waals surface area (Å²) in [5.41, 5.74) is -4.79. The van der Waals surface area contributed by atoms with Crippen molar-refractivity contribution in [2.75, 3.05) is 19.7 Å². The molecule has 0 amide bonds. The molecule has 0 aromatic heterocycles. The molecule has 0 aromatic rings. The Kier molecular flexibility index (Phi) is 6.82. The highest BCUT2D eigenvalue weighted by Crippen LogP contribution is 2.44. The highest BCUT2D eigenvalue weighted by atomic mass is 19.4. The summed E-state index contributed by atoms with van der Waals surface area (Å²) in [6, 6.07) is 0. The van der Waals surface area contributed by atoms with E-state index < -0.39 is 49.1 Å². The van der Waals surface area contributed by atoms with Gasteiger partial charge in [-0.05, 0) is 19.8 Å². The monoisotopic (exact) mass is 411 g/mol. The summed E-state index contributed by atoms with van der Waals surface area (Å²) in [7, 11) is 0. The lowest BCUT2D eigenvalue weighted by molar-refractivity contribution is -0.310. The van der Waals surface area contributed by atoms with Gasteiger partial charge in [0.05, 0.1) is 0 Å². The van der Waals surface area contributed by atoms with Crippen molar-refractivity contribution in [1.29, 1.82) is 0 Å². The third kappa shape index (κ3) is 4.70. The van der Waals surface area contributed by atoms with Gasteiger partial charge in [-0.25, -0.2) is 22.0 Å². The van der Waals surface area contributed by atoms with Gasteiger partial charge in [-0.2, -0.15) is 26.3 Å². The molecule has 1 fully saturated rings. The Labute approximate surface area is 141 Å². The SMILES string of the molecule is CC(OCC(F)(F)C(F)C(F)(F)F)C(F)(C(F)N1CCCC1)C(F)(F)F. The van der Waals surface area contributed by atoms with E-state index in [2.05, 4.69) is 4.74 Å². The normalized spacial score (nSPS) is 23.5. The molecule has 0 N–H and O–H groups in total. The van der Waals surface area contributed by atoms with Gasteiger partial charge in [0.1, 0.15) is 12.7 Å². The molecule has 0 aromatic carbocycles. The van der Waals surface area contributed by atoms with Gasteiger partial charge in [-0.3, -0.25) is 4.90 Å². The first-order valence-corrected chi connectivity index (χ1v) is 7.39. The quantitative estimate of drug-likeness (QED) is 0.449. The number of hydrogen-bond donors (Lipinski definition) is 0. The summed E-state index contributed by atoms with van der Waals surface area (Å²) < 4.78 is 147. The van der Waals surface area contributed by atoms with Crippen molar-refractivity contribution in [3.63, 3.8) is 0 Å². The zero-order valence-corrected chi connectivity index (χ0v) is 13.3. The van der Waals surface area contributed by atoms with Gasteiger partial charge in [0.25, 0.3) is 11.8 Å². The summed E-state index contributed by atoms with van der Waals surface area (Å²) in [4.78, 5) is 0.485. The van der Waals surface area contributed by atoms with Gasteiger partial charge in [0.2, 0.25) is 0 Å². The van der Waals surface area contributed by atoms with E-state index in [4.69, 9.17) is 0 Å². The second kappa shape index (κ2) is 7.64. The number of likely N-dealkylation sites (tertiary alicyclic amines) is 1. The Morgan fingerprint density at radius 1 is 0.885 bits per heavy atom. The van der Waals surface area contributed by atoms with E-state index in [0.29, 0.717) is 4.90 Å². The van der Waals surface area contributed by atoms with Gasteiger partial charge in [0, 0.05) is 13.1 Å². The lowest BCUT2D eigenvalue weighted by Gasteiger charge is -2.39. The lowest BCUT2D eigenvalue weighted by atomic mass is 9.96. The lowest BCUT2D eigenvalue weighted by Crippen LogP contribution is -2.62. The zero-order valence-electron chi connectivity index (χ0n) is 13.3. The number of ether oxygens (including phenoxy) is 1. The average molecular weight is 411 g/mol. The number of alkyl halides is 11. The van der Waals surface area contributed by atoms with Crippen molar-refractivity contribution in [3.05, 3.63) is 0 Å². The van der Waals surface area contributed by atoms with Crippen LogP contribution in [0.15, 0.2) is 0 Å². The fourth-order valence-electron chi connectivity index (χ4n) is 2.46. The molecule has 4 unspecified atom stereocenters. The second-order valence-corrected chi connectivity index (χ2v) is 5.96. The molecule has 0 radical (unpaired) electrons. The summed E-state index contributed by atoms with van der Waals surface area (Å²) in [5, 5.41) is 0. The highest BCUT2D eigenvalue weighted by Gasteiger charge is 2.67. The third-order valence-corrected chi connectivity index (χ3v) is 4.02. The topological polar surface area (TPSA) is 12.5 Å². The highest BCUT2D eigenvalue weighted by molar-refractivity contribution is 5.00. The van der Waals surface area contributed by atoms with Gasteiger partial charge >= 0.3 is 18.3 Å². The molecular weight excluding hydrogens is 395 g/mol. The maximum Gasteiger partial charge on any atom is 0.429 e. The van der Waals surface area contributed by atoms with E-state index in [1.807, 2.05) is 0 Å². The first-order valence-electron chi connectivity index (χ1n) is 7.39. The van der Waals surface area contributed by atoms with Gasteiger partial charge in [-0.1, -0.05) is 0 Å². The van der Waals surface area contributed by atoms with E-state index in [0.717, 1.165) is 0 Å². The van der Waals surface area contributed by atoms with Gasteiger partial charge < -0.3 is 4.74 Å². The minimum absolute atomic E-state index is 0.230. The standard InChI is InChI=1S/C13H16F11NO/c1-7(26-6-10(16,17)8(14)12(19,20)21)11(18,13(22,23)24)9(15)25-4-2-3-5-25/h7-9H,2-6H2,1H3. The molecule has 26 heavy (non-hydrogen) atoms. The number of hydrogen-bond acceptors (Lipinski definition) is 2. The minimum atomic E-state index is -6.01. The van der Waals surface area contributed by atoms with Crippen LogP contribution >= 0.6 is 0 Å². The van der Waals surface area contributed by atoms with Crippen LogP contribution in [-0.4, -0.2) is 67.1 Å². The molecule has 0 saturated carbocycles. The first-order chi connectivity index (χ1) is 11.5. The van der Waals surface area contributed by atoms with Crippen molar-refractivity contribution < 1.29 is 53.0 Å². The maximum atomic E-state index is 14.5. The number of rotatable bonds is 7. The van der Waals surface area contributed by atoms with Crippen LogP contribution in [0.5, 0.6) is 0 Å². The molecule has 1 heterocycles. The van der Waals surface area contributed by atoms with Gasteiger partial charge in [-0.15, -0.1) is 0 Å². The molecule has 1 aliphatic rings.